The van der Waals surface area contributed by atoms with Crippen LogP contribution in [0.3, 0.4) is 0 Å². The molecule has 4 aromatic carbocycles. The van der Waals surface area contributed by atoms with Crippen molar-refractivity contribution < 1.29 is 8.81 Å². The van der Waals surface area contributed by atoms with Gasteiger partial charge in [-0.3, -0.25) is 9.88 Å². The molecule has 4 nitrogen and oxygen atoms in total. The van der Waals surface area contributed by atoms with E-state index in [1.54, 1.807) is 6.20 Å². The molecule has 1 atom stereocenters. The summed E-state index contributed by atoms with van der Waals surface area (Å²) < 4.78 is 22.8. The van der Waals surface area contributed by atoms with E-state index in [1.807, 2.05) is 97.2 Å². The summed E-state index contributed by atoms with van der Waals surface area (Å²) in [5.74, 6) is 0.792. The number of fused-ring (bicyclic) bond motifs is 6. The highest BCUT2D eigenvalue weighted by atomic mass is 19.1. The van der Waals surface area contributed by atoms with E-state index in [4.69, 9.17) is 9.40 Å². The molecule has 7 aromatic rings. The molecule has 1 aliphatic heterocycles. The van der Waals surface area contributed by atoms with E-state index in [-0.39, 0.29) is 5.41 Å². The maximum atomic E-state index is 16.3. The van der Waals surface area contributed by atoms with Gasteiger partial charge in [0, 0.05) is 45.4 Å². The minimum absolute atomic E-state index is 0.380. The standard InChI is InChI=1S/C38H28FN3O/c1-38(2)30-16-4-5-18-32(30)42(37-34(38)36-29(23-41-37)28-15-3-6-19-33(28)43-36)27-14-10-13-26(22-27)35(39)25-12-9-11-24(21-25)31-17-7-8-20-40-31/h3-23,35H,1-2H3. The monoisotopic (exact) mass is 561 g/mol. The average Bonchev–Trinajstić information content (AvgIpc) is 3.43. The Labute approximate surface area is 249 Å². The van der Waals surface area contributed by atoms with Crippen molar-refractivity contribution in [3.8, 4) is 11.3 Å². The van der Waals surface area contributed by atoms with Gasteiger partial charge in [-0.25, -0.2) is 9.37 Å². The SMILES string of the molecule is CC1(C)c2ccccc2N(c2cccc(C(F)c3cccc(-c4ccccn4)c3)c2)c2ncc3c(oc4ccccc43)c21. The van der Waals surface area contributed by atoms with E-state index in [2.05, 4.69) is 48.0 Å². The number of alkyl halides is 1. The van der Waals surface area contributed by atoms with E-state index in [9.17, 15) is 0 Å². The van der Waals surface area contributed by atoms with Gasteiger partial charge in [0.2, 0.25) is 0 Å². The first kappa shape index (κ1) is 25.4. The topological polar surface area (TPSA) is 42.2 Å². The fourth-order valence-corrected chi connectivity index (χ4v) is 6.51. The minimum atomic E-state index is -1.31. The number of hydrogen-bond donors (Lipinski definition) is 0. The molecule has 0 fully saturated rings. The zero-order valence-electron chi connectivity index (χ0n) is 23.8. The van der Waals surface area contributed by atoms with Gasteiger partial charge in [-0.05, 0) is 59.2 Å². The van der Waals surface area contributed by atoms with Crippen molar-refractivity contribution >= 4 is 39.1 Å². The lowest BCUT2D eigenvalue weighted by atomic mass is 9.74. The predicted molar refractivity (Wildman–Crippen MR) is 171 cm³/mol. The van der Waals surface area contributed by atoms with E-state index in [1.165, 1.54) is 0 Å². The van der Waals surface area contributed by atoms with Crippen molar-refractivity contribution in [3.63, 3.8) is 0 Å². The fraction of sp³-hybridized carbons (Fsp3) is 0.105. The lowest BCUT2D eigenvalue weighted by Crippen LogP contribution is -2.31. The number of pyridine rings is 2. The summed E-state index contributed by atoms with van der Waals surface area (Å²) in [4.78, 5) is 11.7. The van der Waals surface area contributed by atoms with Crippen LogP contribution in [0.1, 0.15) is 42.3 Å². The van der Waals surface area contributed by atoms with Crippen LogP contribution in [-0.4, -0.2) is 9.97 Å². The highest BCUT2D eigenvalue weighted by molar-refractivity contribution is 6.08. The molecule has 208 valence electrons. The summed E-state index contributed by atoms with van der Waals surface area (Å²) in [6, 6.07) is 37.5. The summed E-state index contributed by atoms with van der Waals surface area (Å²) in [6.07, 6.45) is 2.34. The highest BCUT2D eigenvalue weighted by Crippen LogP contribution is 2.54. The zero-order chi connectivity index (χ0) is 29.1. The number of furan rings is 1. The molecule has 0 spiro atoms. The molecule has 5 heteroatoms. The van der Waals surface area contributed by atoms with Crippen LogP contribution in [0.15, 0.2) is 132 Å². The van der Waals surface area contributed by atoms with Crippen molar-refractivity contribution in [2.75, 3.05) is 4.90 Å². The van der Waals surface area contributed by atoms with E-state index < -0.39 is 6.17 Å². The zero-order valence-corrected chi connectivity index (χ0v) is 23.8. The molecule has 3 aromatic heterocycles. The second-order valence-electron chi connectivity index (χ2n) is 11.6. The van der Waals surface area contributed by atoms with Crippen molar-refractivity contribution in [2.45, 2.75) is 25.4 Å². The van der Waals surface area contributed by atoms with Crippen molar-refractivity contribution in [1.29, 1.82) is 0 Å². The van der Waals surface area contributed by atoms with Crippen molar-refractivity contribution in [3.05, 3.63) is 150 Å². The first-order valence-corrected chi connectivity index (χ1v) is 14.5. The van der Waals surface area contributed by atoms with Gasteiger partial charge in [-0.1, -0.05) is 86.6 Å². The number of para-hydroxylation sites is 2. The first-order chi connectivity index (χ1) is 21.0. The van der Waals surface area contributed by atoms with Gasteiger partial charge in [0.25, 0.3) is 0 Å². The van der Waals surface area contributed by atoms with Crippen LogP contribution < -0.4 is 4.90 Å². The molecular weight excluding hydrogens is 533 g/mol. The molecule has 0 bridgehead atoms. The molecule has 0 radical (unpaired) electrons. The summed E-state index contributed by atoms with van der Waals surface area (Å²) in [6.45, 7) is 4.44. The Hall–Kier alpha value is -5.29. The second kappa shape index (κ2) is 9.63. The number of hydrogen-bond acceptors (Lipinski definition) is 4. The third-order valence-corrected chi connectivity index (χ3v) is 8.62. The van der Waals surface area contributed by atoms with Crippen LogP contribution in [0.4, 0.5) is 21.6 Å². The fourth-order valence-electron chi connectivity index (χ4n) is 6.51. The number of nitrogens with zero attached hydrogens (tertiary/aromatic N) is 3. The lowest BCUT2D eigenvalue weighted by molar-refractivity contribution is 0.402. The van der Waals surface area contributed by atoms with Crippen LogP contribution in [-0.2, 0) is 5.41 Å². The van der Waals surface area contributed by atoms with Gasteiger partial charge in [0.15, 0.2) is 6.17 Å². The third kappa shape index (κ3) is 3.96. The van der Waals surface area contributed by atoms with E-state index in [0.717, 1.165) is 61.5 Å². The highest BCUT2D eigenvalue weighted by Gasteiger charge is 2.40. The van der Waals surface area contributed by atoms with Gasteiger partial charge in [-0.2, -0.15) is 0 Å². The molecule has 1 aliphatic rings. The number of halogens is 1. The van der Waals surface area contributed by atoms with Gasteiger partial charge < -0.3 is 4.42 Å². The van der Waals surface area contributed by atoms with Gasteiger partial charge >= 0.3 is 0 Å². The lowest BCUT2D eigenvalue weighted by Gasteiger charge is -2.40. The summed E-state index contributed by atoms with van der Waals surface area (Å²) in [5, 5.41) is 2.04. The van der Waals surface area contributed by atoms with Crippen LogP contribution in [0.2, 0.25) is 0 Å². The van der Waals surface area contributed by atoms with Crippen LogP contribution in [0, 0.1) is 0 Å². The molecule has 4 heterocycles. The molecule has 1 unspecified atom stereocenters. The number of benzene rings is 4. The van der Waals surface area contributed by atoms with Crippen LogP contribution in [0.25, 0.3) is 33.2 Å². The Morgan fingerprint density at radius 3 is 2.37 bits per heavy atom. The van der Waals surface area contributed by atoms with Crippen LogP contribution in [0.5, 0.6) is 0 Å². The van der Waals surface area contributed by atoms with Crippen molar-refractivity contribution in [2.24, 2.45) is 0 Å². The largest absolute Gasteiger partial charge is 0.456 e. The van der Waals surface area contributed by atoms with Gasteiger partial charge in [-0.15, -0.1) is 0 Å². The molecule has 0 N–H and O–H groups in total. The third-order valence-electron chi connectivity index (χ3n) is 8.62. The molecule has 0 amide bonds. The molecule has 8 rings (SSSR count). The summed E-state index contributed by atoms with van der Waals surface area (Å²) in [5.41, 5.74) is 8.19. The Balaban J connectivity index is 1.28. The van der Waals surface area contributed by atoms with Gasteiger partial charge in [0.1, 0.15) is 17.0 Å². The Kier molecular flexibility index (Phi) is 5.70. The minimum Gasteiger partial charge on any atom is -0.456 e. The Bertz CT molecular complexity index is 2150. The second-order valence-corrected chi connectivity index (χ2v) is 11.6. The Morgan fingerprint density at radius 1 is 0.744 bits per heavy atom. The first-order valence-electron chi connectivity index (χ1n) is 14.5. The molecule has 0 saturated heterocycles. The number of rotatable bonds is 4. The maximum absolute atomic E-state index is 16.3. The molecule has 43 heavy (non-hydrogen) atoms. The van der Waals surface area contributed by atoms with Crippen molar-refractivity contribution in [1.82, 2.24) is 9.97 Å². The quantitative estimate of drug-likeness (QED) is 0.214. The summed E-state index contributed by atoms with van der Waals surface area (Å²) >= 11 is 0. The molecular formula is C38H28FN3O. The predicted octanol–water partition coefficient (Wildman–Crippen LogP) is 10.2. The van der Waals surface area contributed by atoms with E-state index in [0.29, 0.717) is 11.1 Å². The molecule has 0 aliphatic carbocycles. The van der Waals surface area contributed by atoms with E-state index >= 15 is 4.39 Å². The molecule has 0 saturated carbocycles. The van der Waals surface area contributed by atoms with Crippen LogP contribution >= 0.6 is 0 Å². The maximum Gasteiger partial charge on any atom is 0.150 e. The average molecular weight is 562 g/mol. The smallest absolute Gasteiger partial charge is 0.150 e. The number of aromatic nitrogens is 2. The van der Waals surface area contributed by atoms with Gasteiger partial charge in [0.05, 0.1) is 11.4 Å². The normalized spacial score (nSPS) is 14.4. The Morgan fingerprint density at radius 2 is 1.51 bits per heavy atom. The summed E-state index contributed by atoms with van der Waals surface area (Å²) in [7, 11) is 0. The number of anilines is 3.